The van der Waals surface area contributed by atoms with Gasteiger partial charge in [0.15, 0.2) is 0 Å². The molecule has 1 aliphatic rings. The van der Waals surface area contributed by atoms with Gasteiger partial charge in [-0.2, -0.15) is 0 Å². The molecule has 4 nitrogen and oxygen atoms in total. The Balaban J connectivity index is 2.69. The Morgan fingerprint density at radius 3 is 2.67 bits per heavy atom. The maximum absolute atomic E-state index is 11.3. The molecule has 0 aromatic heterocycles. The number of carboxylic acid groups (broad SMARTS) is 1. The van der Waals surface area contributed by atoms with E-state index in [9.17, 15) is 9.90 Å². The fraction of sp³-hybridized carbons (Fsp3) is 0.727. The van der Waals surface area contributed by atoms with Gasteiger partial charge in [0.05, 0.1) is 0 Å². The Labute approximate surface area is 91.0 Å². The monoisotopic (exact) mass is 212 g/mol. The molecule has 1 fully saturated rings. The molecule has 86 valence electrons. The minimum atomic E-state index is -0.740. The highest BCUT2D eigenvalue weighted by molar-refractivity contribution is 5.78. The predicted octanol–water partition coefficient (Wildman–Crippen LogP) is 0.701. The van der Waals surface area contributed by atoms with E-state index < -0.39 is 11.5 Å². The summed E-state index contributed by atoms with van der Waals surface area (Å²) in [6.07, 6.45) is 3.15. The molecule has 4 heteroatoms. The van der Waals surface area contributed by atoms with Crippen LogP contribution in [0.3, 0.4) is 0 Å². The molecule has 0 aromatic carbocycles. The Kier molecular flexibility index (Phi) is 4.29. The topological polar surface area (TPSA) is 52.6 Å². The van der Waals surface area contributed by atoms with Crippen molar-refractivity contribution in [2.24, 2.45) is 0 Å². The van der Waals surface area contributed by atoms with Gasteiger partial charge in [0.1, 0.15) is 5.54 Å². The molecular formula is C11H20N2O2. The number of aliphatic carboxylic acids is 1. The number of nitrogens with one attached hydrogen (secondary N) is 1. The summed E-state index contributed by atoms with van der Waals surface area (Å²) in [4.78, 5) is 13.4. The zero-order valence-electron chi connectivity index (χ0n) is 9.33. The van der Waals surface area contributed by atoms with Crippen molar-refractivity contribution in [1.82, 2.24) is 10.2 Å². The lowest BCUT2D eigenvalue weighted by molar-refractivity contribution is -0.151. The lowest BCUT2D eigenvalue weighted by atomic mass is 9.93. The van der Waals surface area contributed by atoms with Crippen LogP contribution in [0.5, 0.6) is 0 Å². The highest BCUT2D eigenvalue weighted by Gasteiger charge is 2.38. The fourth-order valence-corrected chi connectivity index (χ4v) is 1.94. The van der Waals surface area contributed by atoms with Gasteiger partial charge in [-0.15, -0.1) is 6.58 Å². The second-order valence-electron chi connectivity index (χ2n) is 4.14. The Bertz CT molecular complexity index is 237. The van der Waals surface area contributed by atoms with E-state index in [4.69, 9.17) is 0 Å². The van der Waals surface area contributed by atoms with Crippen LogP contribution in [-0.2, 0) is 4.79 Å². The van der Waals surface area contributed by atoms with E-state index in [1.807, 2.05) is 6.92 Å². The minimum absolute atomic E-state index is 0.631. The average molecular weight is 212 g/mol. The quantitative estimate of drug-likeness (QED) is 0.659. The van der Waals surface area contributed by atoms with Gasteiger partial charge in [-0.3, -0.25) is 9.69 Å². The first-order valence-corrected chi connectivity index (χ1v) is 5.41. The molecular weight excluding hydrogens is 192 g/mol. The third kappa shape index (κ3) is 2.79. The van der Waals surface area contributed by atoms with Crippen LogP contribution in [0.1, 0.15) is 19.8 Å². The first kappa shape index (κ1) is 12.2. The number of rotatable bonds is 5. The van der Waals surface area contributed by atoms with Crippen LogP contribution >= 0.6 is 0 Å². The highest BCUT2D eigenvalue weighted by atomic mass is 16.4. The van der Waals surface area contributed by atoms with Gasteiger partial charge in [0.2, 0.25) is 0 Å². The molecule has 0 aromatic rings. The van der Waals surface area contributed by atoms with E-state index in [1.54, 1.807) is 6.08 Å². The van der Waals surface area contributed by atoms with Gasteiger partial charge in [-0.1, -0.05) is 6.08 Å². The molecule has 0 saturated carbocycles. The molecule has 0 amide bonds. The van der Waals surface area contributed by atoms with Crippen molar-refractivity contribution in [1.29, 1.82) is 0 Å². The third-order valence-corrected chi connectivity index (χ3v) is 3.11. The molecule has 0 spiro atoms. The first-order valence-electron chi connectivity index (χ1n) is 5.41. The molecule has 1 heterocycles. The maximum Gasteiger partial charge on any atom is 0.323 e. The molecule has 15 heavy (non-hydrogen) atoms. The summed E-state index contributed by atoms with van der Waals surface area (Å²) in [5.41, 5.74) is -0.740. The van der Waals surface area contributed by atoms with Crippen molar-refractivity contribution in [2.75, 3.05) is 26.2 Å². The average Bonchev–Trinajstić information content (AvgIpc) is 2.27. The van der Waals surface area contributed by atoms with E-state index in [-0.39, 0.29) is 0 Å². The second kappa shape index (κ2) is 5.28. The first-order chi connectivity index (χ1) is 7.11. The van der Waals surface area contributed by atoms with Crippen molar-refractivity contribution in [3.8, 4) is 0 Å². The number of carbonyl (C=O) groups is 1. The Morgan fingerprint density at radius 1 is 1.60 bits per heavy atom. The van der Waals surface area contributed by atoms with Crippen molar-refractivity contribution >= 4 is 5.97 Å². The zero-order chi connectivity index (χ0) is 11.3. The van der Waals surface area contributed by atoms with E-state index in [0.717, 1.165) is 32.6 Å². The van der Waals surface area contributed by atoms with Gasteiger partial charge < -0.3 is 10.4 Å². The summed E-state index contributed by atoms with van der Waals surface area (Å²) in [7, 11) is 0. The van der Waals surface area contributed by atoms with Crippen LogP contribution in [0.25, 0.3) is 0 Å². The standard InChI is InChI=1S/C11H20N2O2/c1-3-4-5-11(2,10(14)15)13-8-6-12-7-9-13/h3,12H,1,4-9H2,2H3,(H,14,15). The summed E-state index contributed by atoms with van der Waals surface area (Å²) in [5, 5.41) is 12.5. The second-order valence-corrected chi connectivity index (χ2v) is 4.14. The number of carboxylic acids is 1. The lowest BCUT2D eigenvalue weighted by Crippen LogP contribution is -2.58. The summed E-state index contributed by atoms with van der Waals surface area (Å²) in [6.45, 7) is 8.81. The van der Waals surface area contributed by atoms with Crippen molar-refractivity contribution < 1.29 is 9.90 Å². The number of piperazine rings is 1. The largest absolute Gasteiger partial charge is 0.480 e. The van der Waals surface area contributed by atoms with E-state index in [0.29, 0.717) is 6.42 Å². The summed E-state index contributed by atoms with van der Waals surface area (Å²) in [5.74, 6) is -0.730. The summed E-state index contributed by atoms with van der Waals surface area (Å²) in [6, 6.07) is 0. The van der Waals surface area contributed by atoms with Crippen molar-refractivity contribution in [3.05, 3.63) is 12.7 Å². The van der Waals surface area contributed by atoms with Gasteiger partial charge >= 0.3 is 5.97 Å². The molecule has 2 N–H and O–H groups in total. The predicted molar refractivity (Wildman–Crippen MR) is 59.9 cm³/mol. The molecule has 1 rings (SSSR count). The van der Waals surface area contributed by atoms with Crippen molar-refractivity contribution in [2.45, 2.75) is 25.3 Å². The van der Waals surface area contributed by atoms with Crippen molar-refractivity contribution in [3.63, 3.8) is 0 Å². The van der Waals surface area contributed by atoms with E-state index in [1.165, 1.54) is 0 Å². The molecule has 0 radical (unpaired) electrons. The molecule has 0 bridgehead atoms. The van der Waals surface area contributed by atoms with Gasteiger partial charge in [0, 0.05) is 26.2 Å². The summed E-state index contributed by atoms with van der Waals surface area (Å²) < 4.78 is 0. The Hall–Kier alpha value is -0.870. The van der Waals surface area contributed by atoms with Gasteiger partial charge in [0.25, 0.3) is 0 Å². The van der Waals surface area contributed by atoms with Crippen LogP contribution in [0.15, 0.2) is 12.7 Å². The maximum atomic E-state index is 11.3. The third-order valence-electron chi connectivity index (χ3n) is 3.11. The zero-order valence-corrected chi connectivity index (χ0v) is 9.33. The highest BCUT2D eigenvalue weighted by Crippen LogP contribution is 2.22. The molecule has 1 saturated heterocycles. The number of nitrogens with zero attached hydrogens (tertiary/aromatic N) is 1. The van der Waals surface area contributed by atoms with E-state index >= 15 is 0 Å². The Morgan fingerprint density at radius 2 is 2.20 bits per heavy atom. The van der Waals surface area contributed by atoms with Crippen LogP contribution < -0.4 is 5.32 Å². The molecule has 1 unspecified atom stereocenters. The fourth-order valence-electron chi connectivity index (χ4n) is 1.94. The lowest BCUT2D eigenvalue weighted by Gasteiger charge is -2.40. The van der Waals surface area contributed by atoms with E-state index in [2.05, 4.69) is 16.8 Å². The van der Waals surface area contributed by atoms with Gasteiger partial charge in [-0.05, 0) is 19.8 Å². The number of allylic oxidation sites excluding steroid dienone is 1. The normalized spacial score (nSPS) is 21.9. The van der Waals surface area contributed by atoms with Gasteiger partial charge in [-0.25, -0.2) is 0 Å². The summed E-state index contributed by atoms with van der Waals surface area (Å²) >= 11 is 0. The molecule has 1 aliphatic heterocycles. The number of hydrogen-bond donors (Lipinski definition) is 2. The smallest absolute Gasteiger partial charge is 0.323 e. The van der Waals surface area contributed by atoms with Crippen LogP contribution in [0, 0.1) is 0 Å². The van der Waals surface area contributed by atoms with Crippen LogP contribution in [0.2, 0.25) is 0 Å². The molecule has 1 atom stereocenters. The molecule has 0 aliphatic carbocycles. The minimum Gasteiger partial charge on any atom is -0.480 e. The van der Waals surface area contributed by atoms with Crippen LogP contribution in [-0.4, -0.2) is 47.7 Å². The number of hydrogen-bond acceptors (Lipinski definition) is 3. The van der Waals surface area contributed by atoms with Crippen LogP contribution in [0.4, 0.5) is 0 Å². The SMILES string of the molecule is C=CCCC(C)(C(=O)O)N1CCNCC1.